The Morgan fingerprint density at radius 1 is 1.54 bits per heavy atom. The van der Waals surface area contributed by atoms with E-state index in [1.54, 1.807) is 0 Å². The van der Waals surface area contributed by atoms with Crippen molar-refractivity contribution in [3.8, 4) is 0 Å². The Kier molecular flexibility index (Phi) is 3.88. The van der Waals surface area contributed by atoms with Crippen molar-refractivity contribution >= 4 is 0 Å². The highest BCUT2D eigenvalue weighted by Gasteiger charge is 2.23. The quantitative estimate of drug-likeness (QED) is 0.659. The molecule has 1 aliphatic heterocycles. The molecule has 0 radical (unpaired) electrons. The van der Waals surface area contributed by atoms with E-state index in [0.29, 0.717) is 12.6 Å². The maximum absolute atomic E-state index is 12.6. The fraction of sp³-hybridized carbons (Fsp3) is 0.800. The summed E-state index contributed by atoms with van der Waals surface area (Å²) in [6.07, 6.45) is 1.08. The van der Waals surface area contributed by atoms with Crippen molar-refractivity contribution in [3.63, 3.8) is 0 Å². The van der Waals surface area contributed by atoms with E-state index in [4.69, 9.17) is 0 Å². The van der Waals surface area contributed by atoms with E-state index in [-0.39, 0.29) is 5.83 Å². The number of rotatable bonds is 3. The molecule has 0 unspecified atom stereocenters. The molecule has 0 bridgehead atoms. The molecule has 0 aromatic rings. The number of likely N-dealkylation sites (N-methyl/N-ethyl adjacent to an activating group) is 1. The maximum atomic E-state index is 12.6. The molecule has 1 rings (SSSR count). The molecule has 1 atom stereocenters. The molecule has 0 N–H and O–H groups in total. The van der Waals surface area contributed by atoms with Crippen LogP contribution in [0.2, 0.25) is 0 Å². The van der Waals surface area contributed by atoms with Gasteiger partial charge in [-0.2, -0.15) is 0 Å². The third-order valence-electron chi connectivity index (χ3n) is 2.65. The van der Waals surface area contributed by atoms with Crippen LogP contribution in [0.1, 0.15) is 13.3 Å². The van der Waals surface area contributed by atoms with Gasteiger partial charge in [0, 0.05) is 25.7 Å². The topological polar surface area (TPSA) is 6.48 Å². The third kappa shape index (κ3) is 3.08. The summed E-state index contributed by atoms with van der Waals surface area (Å²) in [4.78, 5) is 4.48. The average molecular weight is 186 g/mol. The lowest BCUT2D eigenvalue weighted by atomic mass is 10.1. The van der Waals surface area contributed by atoms with Gasteiger partial charge in [0.25, 0.3) is 0 Å². The van der Waals surface area contributed by atoms with Gasteiger partial charge >= 0.3 is 0 Å². The number of nitrogens with zero attached hydrogens (tertiary/aromatic N) is 2. The minimum Gasteiger partial charge on any atom is -0.304 e. The molecule has 76 valence electrons. The summed E-state index contributed by atoms with van der Waals surface area (Å²) in [6.45, 7) is 8.91. The van der Waals surface area contributed by atoms with E-state index < -0.39 is 0 Å². The summed E-state index contributed by atoms with van der Waals surface area (Å²) in [5, 5.41) is 0. The fourth-order valence-corrected chi connectivity index (χ4v) is 1.86. The maximum Gasteiger partial charge on any atom is 0.107 e. The van der Waals surface area contributed by atoms with Crippen LogP contribution in [0.15, 0.2) is 12.4 Å². The lowest BCUT2D eigenvalue weighted by molar-refractivity contribution is 0.0915. The first-order valence-corrected chi connectivity index (χ1v) is 4.89. The van der Waals surface area contributed by atoms with Crippen LogP contribution in [0.25, 0.3) is 0 Å². The van der Waals surface area contributed by atoms with Crippen molar-refractivity contribution in [1.29, 1.82) is 0 Å². The van der Waals surface area contributed by atoms with Crippen LogP contribution < -0.4 is 0 Å². The van der Waals surface area contributed by atoms with E-state index in [0.717, 1.165) is 26.1 Å². The second-order valence-corrected chi connectivity index (χ2v) is 3.81. The van der Waals surface area contributed by atoms with Crippen LogP contribution >= 0.6 is 0 Å². The van der Waals surface area contributed by atoms with E-state index in [9.17, 15) is 4.39 Å². The van der Waals surface area contributed by atoms with Crippen LogP contribution in [0.3, 0.4) is 0 Å². The Morgan fingerprint density at radius 3 is 2.77 bits per heavy atom. The Labute approximate surface area is 80.0 Å². The van der Waals surface area contributed by atoms with Gasteiger partial charge in [-0.15, -0.1) is 0 Å². The Balaban J connectivity index is 2.47. The zero-order chi connectivity index (χ0) is 9.84. The van der Waals surface area contributed by atoms with Gasteiger partial charge in [-0.25, -0.2) is 4.39 Å². The second-order valence-electron chi connectivity index (χ2n) is 3.81. The molecule has 0 spiro atoms. The highest BCUT2D eigenvalue weighted by Crippen LogP contribution is 2.13. The normalized spacial score (nSPS) is 26.2. The number of hydrogen-bond donors (Lipinski definition) is 0. The minimum absolute atomic E-state index is 0.219. The van der Waals surface area contributed by atoms with Crippen molar-refractivity contribution in [2.75, 3.05) is 33.2 Å². The molecule has 1 aliphatic rings. The molecule has 1 heterocycles. The molecule has 0 aromatic carbocycles. The Hall–Kier alpha value is -0.410. The highest BCUT2D eigenvalue weighted by molar-refractivity contribution is 4.90. The van der Waals surface area contributed by atoms with Gasteiger partial charge in [-0.05, 0) is 13.5 Å². The first kappa shape index (κ1) is 10.7. The first-order chi connectivity index (χ1) is 6.13. The molecule has 1 saturated heterocycles. The van der Waals surface area contributed by atoms with E-state index in [1.165, 1.54) is 0 Å². The fourth-order valence-electron chi connectivity index (χ4n) is 1.86. The van der Waals surface area contributed by atoms with Crippen LogP contribution in [0, 0.1) is 0 Å². The van der Waals surface area contributed by atoms with Gasteiger partial charge in [0.1, 0.15) is 5.83 Å². The molecule has 3 heteroatoms. The lowest BCUT2D eigenvalue weighted by Gasteiger charge is -2.39. The highest BCUT2D eigenvalue weighted by atomic mass is 19.1. The van der Waals surface area contributed by atoms with Crippen LogP contribution in [0.5, 0.6) is 0 Å². The zero-order valence-corrected chi connectivity index (χ0v) is 8.59. The predicted molar refractivity (Wildman–Crippen MR) is 53.4 cm³/mol. The smallest absolute Gasteiger partial charge is 0.107 e. The first-order valence-electron chi connectivity index (χ1n) is 4.89. The molecule has 0 amide bonds. The number of piperazine rings is 1. The van der Waals surface area contributed by atoms with Crippen LogP contribution in [0.4, 0.5) is 4.39 Å². The van der Waals surface area contributed by atoms with Crippen LogP contribution in [-0.4, -0.2) is 49.1 Å². The monoisotopic (exact) mass is 186 g/mol. The van der Waals surface area contributed by atoms with E-state index in [2.05, 4.69) is 30.4 Å². The van der Waals surface area contributed by atoms with Crippen LogP contribution in [-0.2, 0) is 0 Å². The standard InChI is InChI=1S/C10H19FN2/c1-4-10-8-12(3)5-6-13(10)7-9(2)11/h10H,2,4-8H2,1,3H3/t10-/m0/s1. The SMILES string of the molecule is C=C(F)CN1CCN(C)C[C@@H]1CC. The molecular weight excluding hydrogens is 167 g/mol. The summed E-state index contributed by atoms with van der Waals surface area (Å²) in [5.74, 6) is -0.219. The van der Waals surface area contributed by atoms with Crippen molar-refractivity contribution in [1.82, 2.24) is 9.80 Å². The molecule has 0 aromatic heterocycles. The molecule has 2 nitrogen and oxygen atoms in total. The summed E-state index contributed by atoms with van der Waals surface area (Å²) >= 11 is 0. The largest absolute Gasteiger partial charge is 0.304 e. The van der Waals surface area contributed by atoms with Gasteiger partial charge in [-0.3, -0.25) is 4.90 Å². The van der Waals surface area contributed by atoms with Crippen molar-refractivity contribution in [2.45, 2.75) is 19.4 Å². The third-order valence-corrected chi connectivity index (χ3v) is 2.65. The van der Waals surface area contributed by atoms with Gasteiger partial charge in [0.2, 0.25) is 0 Å². The minimum atomic E-state index is -0.219. The Morgan fingerprint density at radius 2 is 2.23 bits per heavy atom. The average Bonchev–Trinajstić information content (AvgIpc) is 2.07. The summed E-state index contributed by atoms with van der Waals surface area (Å²) < 4.78 is 12.6. The summed E-state index contributed by atoms with van der Waals surface area (Å²) in [6, 6.07) is 0.492. The number of halogens is 1. The molecule has 0 saturated carbocycles. The molecule has 13 heavy (non-hydrogen) atoms. The summed E-state index contributed by atoms with van der Waals surface area (Å²) in [7, 11) is 2.12. The van der Waals surface area contributed by atoms with Crippen molar-refractivity contribution in [3.05, 3.63) is 12.4 Å². The molecular formula is C10H19FN2. The number of hydrogen-bond acceptors (Lipinski definition) is 2. The molecule has 1 fully saturated rings. The Bertz CT molecular complexity index is 182. The zero-order valence-electron chi connectivity index (χ0n) is 8.59. The lowest BCUT2D eigenvalue weighted by Crippen LogP contribution is -2.51. The van der Waals surface area contributed by atoms with E-state index in [1.807, 2.05) is 0 Å². The molecule has 0 aliphatic carbocycles. The van der Waals surface area contributed by atoms with Gasteiger partial charge in [-0.1, -0.05) is 13.5 Å². The van der Waals surface area contributed by atoms with Crippen molar-refractivity contribution < 1.29 is 4.39 Å². The van der Waals surface area contributed by atoms with Gasteiger partial charge < -0.3 is 4.90 Å². The van der Waals surface area contributed by atoms with Gasteiger partial charge in [0.15, 0.2) is 0 Å². The van der Waals surface area contributed by atoms with E-state index >= 15 is 0 Å². The van der Waals surface area contributed by atoms with Crippen molar-refractivity contribution in [2.24, 2.45) is 0 Å². The van der Waals surface area contributed by atoms with Gasteiger partial charge in [0.05, 0.1) is 6.54 Å². The second kappa shape index (κ2) is 4.72. The predicted octanol–water partition coefficient (Wildman–Crippen LogP) is 1.50. The summed E-state index contributed by atoms with van der Waals surface area (Å²) in [5.41, 5.74) is 0.